The second-order valence-corrected chi connectivity index (χ2v) is 4.11. The lowest BCUT2D eigenvalue weighted by atomic mass is 10.5. The van der Waals surface area contributed by atoms with Crippen LogP contribution >= 0.6 is 0 Å². The van der Waals surface area contributed by atoms with Crippen LogP contribution < -0.4 is 0 Å². The number of hydrogen-bond acceptors (Lipinski definition) is 5. The van der Waals surface area contributed by atoms with Crippen molar-refractivity contribution in [3.8, 4) is 0 Å². The molecule has 15 heteroatoms. The van der Waals surface area contributed by atoms with E-state index in [0.717, 1.165) is 0 Å². The van der Waals surface area contributed by atoms with Gasteiger partial charge in [0.15, 0.2) is 0 Å². The molecule has 0 N–H and O–H groups in total. The largest absolute Gasteiger partial charge is 0.483 e. The van der Waals surface area contributed by atoms with Crippen LogP contribution in [0.2, 0.25) is 0 Å². The molecule has 0 saturated heterocycles. The molecule has 5 nitrogen and oxygen atoms in total. The number of halogens is 9. The summed E-state index contributed by atoms with van der Waals surface area (Å²) in [5.74, 6) is -6.33. The Morgan fingerprint density at radius 2 is 1.26 bits per heavy atom. The topological polar surface area (TPSA) is 72.8 Å². The first-order chi connectivity index (χ1) is 8.02. The molecule has 0 heterocycles. The van der Waals surface area contributed by atoms with Crippen molar-refractivity contribution < 1.29 is 52.2 Å². The van der Waals surface area contributed by atoms with Gasteiger partial charge in [0.05, 0.1) is 0 Å². The summed E-state index contributed by atoms with van der Waals surface area (Å²) in [5.41, 5.74) is 0. The van der Waals surface area contributed by atoms with Crippen molar-refractivity contribution in [2.24, 2.45) is 5.18 Å². The van der Waals surface area contributed by atoms with Gasteiger partial charge in [-0.05, 0) is 0 Å². The van der Waals surface area contributed by atoms with Crippen LogP contribution in [0.3, 0.4) is 0 Å². The van der Waals surface area contributed by atoms with Gasteiger partial charge in [0.2, 0.25) is 0 Å². The van der Waals surface area contributed by atoms with E-state index in [9.17, 15) is 52.3 Å². The quantitative estimate of drug-likeness (QED) is 0.336. The number of nitroso groups, excluding NO2 is 1. The Morgan fingerprint density at radius 1 is 0.895 bits per heavy atom. The molecule has 19 heavy (non-hydrogen) atoms. The van der Waals surface area contributed by atoms with E-state index in [0.29, 0.717) is 5.18 Å². The lowest BCUT2D eigenvalue weighted by molar-refractivity contribution is -0.448. The van der Waals surface area contributed by atoms with Gasteiger partial charge in [-0.3, -0.25) is 0 Å². The molecule has 0 aromatic rings. The van der Waals surface area contributed by atoms with Crippen LogP contribution in [0.4, 0.5) is 39.0 Å². The maximum absolute atomic E-state index is 12.8. The lowest BCUT2D eigenvalue weighted by Gasteiger charge is -2.28. The first kappa shape index (κ1) is 17.9. The normalized spacial score (nSPS) is 17.9. The standard InChI is InChI=1S/C4F9NO4S/c5-1(6,7)2(8,9)18-4(12,14-15)3(10,11)19(13,16)17. The zero-order valence-corrected chi connectivity index (χ0v) is 8.71. The SMILES string of the molecule is O=NC(F)(OC(F)(F)C(F)(F)F)C(F)(F)S(=O)(=O)F. The van der Waals surface area contributed by atoms with E-state index in [1.807, 2.05) is 0 Å². The van der Waals surface area contributed by atoms with E-state index in [-0.39, 0.29) is 0 Å². The van der Waals surface area contributed by atoms with Crippen LogP contribution in [-0.2, 0) is 15.0 Å². The van der Waals surface area contributed by atoms with Gasteiger partial charge in [-0.1, -0.05) is 3.89 Å². The highest BCUT2D eigenvalue weighted by molar-refractivity contribution is 7.87. The molecule has 0 amide bonds. The first-order valence-electron chi connectivity index (χ1n) is 3.52. The Balaban J connectivity index is 5.75. The molecule has 1 unspecified atom stereocenters. The zero-order valence-electron chi connectivity index (χ0n) is 7.89. The highest BCUT2D eigenvalue weighted by Gasteiger charge is 2.75. The highest BCUT2D eigenvalue weighted by atomic mass is 32.3. The molecular weight excluding hydrogens is 329 g/mol. The minimum absolute atomic E-state index is 0.369. The lowest BCUT2D eigenvalue weighted by Crippen LogP contribution is -2.55. The first-order valence-corrected chi connectivity index (χ1v) is 4.90. The summed E-state index contributed by atoms with van der Waals surface area (Å²) >= 11 is 0. The Labute approximate surface area is 97.1 Å². The number of ether oxygens (including phenoxy) is 1. The van der Waals surface area contributed by atoms with Crippen LogP contribution in [0.1, 0.15) is 0 Å². The summed E-state index contributed by atoms with van der Waals surface area (Å²) < 4.78 is 129. The fourth-order valence-electron chi connectivity index (χ4n) is 0.509. The summed E-state index contributed by atoms with van der Waals surface area (Å²) in [7, 11) is -7.42. The third-order valence-electron chi connectivity index (χ3n) is 1.38. The molecule has 0 fully saturated rings. The van der Waals surface area contributed by atoms with E-state index in [2.05, 4.69) is 0 Å². The number of rotatable bonds is 5. The minimum Gasteiger partial charge on any atom is -0.248 e. The molecule has 0 rings (SSSR count). The monoisotopic (exact) mass is 329 g/mol. The summed E-state index contributed by atoms with van der Waals surface area (Å²) in [4.78, 5) is 9.56. The van der Waals surface area contributed by atoms with Gasteiger partial charge in [-0.2, -0.15) is 43.5 Å². The summed E-state index contributed by atoms with van der Waals surface area (Å²) in [6, 6.07) is 0. The molecule has 0 saturated carbocycles. The molecule has 0 aliphatic carbocycles. The Bertz CT molecular complexity index is 457. The smallest absolute Gasteiger partial charge is 0.248 e. The molecule has 114 valence electrons. The van der Waals surface area contributed by atoms with Gasteiger partial charge in [0, 0.05) is 5.18 Å². The third-order valence-corrected chi connectivity index (χ3v) is 2.24. The Hall–Kier alpha value is -1.12. The minimum atomic E-state index is -7.42. The van der Waals surface area contributed by atoms with Crippen molar-refractivity contribution in [3.05, 3.63) is 4.91 Å². The van der Waals surface area contributed by atoms with Crippen molar-refractivity contribution in [1.82, 2.24) is 0 Å². The molecule has 0 aliphatic rings. The van der Waals surface area contributed by atoms with E-state index in [1.54, 1.807) is 4.74 Å². The van der Waals surface area contributed by atoms with Crippen LogP contribution in [0.25, 0.3) is 0 Å². The van der Waals surface area contributed by atoms with Gasteiger partial charge in [0.1, 0.15) is 0 Å². The molecule has 0 radical (unpaired) electrons. The van der Waals surface area contributed by atoms with Gasteiger partial charge in [-0.25, -0.2) is 4.74 Å². The predicted molar refractivity (Wildman–Crippen MR) is 36.7 cm³/mol. The van der Waals surface area contributed by atoms with E-state index in [1.165, 1.54) is 0 Å². The van der Waals surface area contributed by atoms with Crippen LogP contribution in [-0.4, -0.2) is 31.9 Å². The third kappa shape index (κ3) is 3.07. The number of nitrogens with zero attached hydrogens (tertiary/aromatic N) is 1. The number of hydrogen-bond donors (Lipinski definition) is 0. The summed E-state index contributed by atoms with van der Waals surface area (Å²) in [6.45, 7) is 0. The molecule has 0 aromatic carbocycles. The van der Waals surface area contributed by atoms with Crippen molar-refractivity contribution in [3.63, 3.8) is 0 Å². The molecular formula is C4F9NO4S. The van der Waals surface area contributed by atoms with E-state index >= 15 is 0 Å². The molecule has 0 spiro atoms. The van der Waals surface area contributed by atoms with Gasteiger partial charge >= 0.3 is 33.7 Å². The average molecular weight is 329 g/mol. The van der Waals surface area contributed by atoms with Gasteiger partial charge in [-0.15, -0.1) is 4.91 Å². The summed E-state index contributed by atoms with van der Waals surface area (Å²) in [6.07, 6.45) is -13.5. The van der Waals surface area contributed by atoms with E-state index in [4.69, 9.17) is 0 Å². The molecule has 0 aliphatic heterocycles. The van der Waals surface area contributed by atoms with Crippen molar-refractivity contribution >= 4 is 10.2 Å². The Kier molecular flexibility index (Phi) is 4.20. The zero-order chi connectivity index (χ0) is 15.9. The number of alkyl halides is 8. The van der Waals surface area contributed by atoms with E-state index < -0.39 is 33.7 Å². The highest BCUT2D eigenvalue weighted by Crippen LogP contribution is 2.47. The molecule has 0 aromatic heterocycles. The van der Waals surface area contributed by atoms with Crippen LogP contribution in [0, 0.1) is 4.91 Å². The maximum Gasteiger partial charge on any atom is 0.483 e. The van der Waals surface area contributed by atoms with Gasteiger partial charge < -0.3 is 0 Å². The summed E-state index contributed by atoms with van der Waals surface area (Å²) in [5, 5.41) is -6.36. The van der Waals surface area contributed by atoms with Crippen molar-refractivity contribution in [2.45, 2.75) is 23.5 Å². The van der Waals surface area contributed by atoms with Gasteiger partial charge in [0.25, 0.3) is 0 Å². The molecule has 0 bridgehead atoms. The van der Waals surface area contributed by atoms with Crippen LogP contribution in [0.15, 0.2) is 5.18 Å². The van der Waals surface area contributed by atoms with Crippen molar-refractivity contribution in [2.75, 3.05) is 0 Å². The maximum atomic E-state index is 12.8. The Morgan fingerprint density at radius 3 is 1.47 bits per heavy atom. The second-order valence-electron chi connectivity index (χ2n) is 2.72. The predicted octanol–water partition coefficient (Wildman–Crippen LogP) is 2.44. The average Bonchev–Trinajstić information content (AvgIpc) is 2.12. The second kappa shape index (κ2) is 4.46. The van der Waals surface area contributed by atoms with Crippen LogP contribution in [0.5, 0.6) is 0 Å². The molecule has 1 atom stereocenters. The fraction of sp³-hybridized carbons (Fsp3) is 1.00. The van der Waals surface area contributed by atoms with Crippen molar-refractivity contribution in [1.29, 1.82) is 0 Å². The fourth-order valence-corrected chi connectivity index (χ4v) is 0.889.